The topological polar surface area (TPSA) is 58.2 Å². The first-order chi connectivity index (χ1) is 12.2. The molecule has 10 heteroatoms. The molecular formula is C16H14F5N3O2. The van der Waals surface area contributed by atoms with Crippen LogP contribution in [0.5, 0.6) is 5.75 Å². The van der Waals surface area contributed by atoms with Crippen molar-refractivity contribution in [2.45, 2.75) is 25.7 Å². The number of benzene rings is 1. The van der Waals surface area contributed by atoms with Gasteiger partial charge in [-0.2, -0.15) is 13.2 Å². The number of ether oxygens (including phenoxy) is 1. The largest absolute Gasteiger partial charge is 0.497 e. The normalized spacial score (nSPS) is 15.0. The fourth-order valence-electron chi connectivity index (χ4n) is 2.82. The van der Waals surface area contributed by atoms with Crippen LogP contribution in [-0.4, -0.2) is 28.5 Å². The van der Waals surface area contributed by atoms with Crippen LogP contribution in [0, 0.1) is 11.6 Å². The molecule has 0 aliphatic carbocycles. The molecule has 0 unspecified atom stereocenters. The lowest BCUT2D eigenvalue weighted by atomic mass is 10.1. The number of alkyl halides is 3. The second kappa shape index (κ2) is 6.67. The van der Waals surface area contributed by atoms with Gasteiger partial charge in [0.25, 0.3) is 5.56 Å². The van der Waals surface area contributed by atoms with Crippen molar-refractivity contribution < 1.29 is 26.7 Å². The zero-order valence-corrected chi connectivity index (χ0v) is 13.6. The Hall–Kier alpha value is -2.49. The second-order valence-electron chi connectivity index (χ2n) is 5.87. The summed E-state index contributed by atoms with van der Waals surface area (Å²) in [7, 11) is 1.28. The highest BCUT2D eigenvalue weighted by molar-refractivity contribution is 5.31. The van der Waals surface area contributed by atoms with E-state index in [2.05, 4.69) is 4.98 Å². The van der Waals surface area contributed by atoms with Gasteiger partial charge in [-0.1, -0.05) is 0 Å². The van der Waals surface area contributed by atoms with E-state index in [0.717, 1.165) is 12.1 Å². The molecule has 3 rings (SSSR count). The number of halogens is 5. The van der Waals surface area contributed by atoms with E-state index in [-0.39, 0.29) is 48.6 Å². The molecule has 0 amide bonds. The van der Waals surface area contributed by atoms with Gasteiger partial charge < -0.3 is 9.72 Å². The molecule has 2 aromatic rings. The highest BCUT2D eigenvalue weighted by Crippen LogP contribution is 2.27. The standard InChI is InChI=1S/C16H14F5N3O2/c1-26-8-4-11(17)9(12(18)5-8)6-24-3-2-13-10(7-24)14(25)23-15(22-13)16(19,20)21/h4-5H,2-3,6-7H2,1H3,(H,22,23,25). The number of rotatable bonds is 3. The van der Waals surface area contributed by atoms with Crippen molar-refractivity contribution >= 4 is 0 Å². The molecule has 0 fully saturated rings. The maximum Gasteiger partial charge on any atom is 0.449 e. The number of nitrogens with zero attached hydrogens (tertiary/aromatic N) is 2. The number of nitrogens with one attached hydrogen (secondary N) is 1. The average Bonchev–Trinajstić information content (AvgIpc) is 2.57. The molecule has 1 aliphatic heterocycles. The van der Waals surface area contributed by atoms with Crippen molar-refractivity contribution in [2.24, 2.45) is 0 Å². The lowest BCUT2D eigenvalue weighted by molar-refractivity contribution is -0.145. The maximum absolute atomic E-state index is 14.1. The van der Waals surface area contributed by atoms with Crippen LogP contribution in [-0.2, 0) is 25.7 Å². The van der Waals surface area contributed by atoms with Gasteiger partial charge in [0.05, 0.1) is 18.4 Å². The third-order valence-corrected chi connectivity index (χ3v) is 4.15. The summed E-state index contributed by atoms with van der Waals surface area (Å²) in [4.78, 5) is 18.7. The SMILES string of the molecule is COc1cc(F)c(CN2CCc3nc(C(F)(F)F)[nH]c(=O)c3C2)c(F)c1. The molecule has 0 saturated carbocycles. The number of aromatic nitrogens is 2. The molecule has 0 saturated heterocycles. The summed E-state index contributed by atoms with van der Waals surface area (Å²) in [5.41, 5.74) is -0.986. The Kier molecular flexibility index (Phi) is 4.70. The molecule has 0 bridgehead atoms. The summed E-state index contributed by atoms with van der Waals surface area (Å²) in [6, 6.07) is 2.08. The minimum atomic E-state index is -4.75. The molecule has 0 spiro atoms. The summed E-state index contributed by atoms with van der Waals surface area (Å²) in [6.45, 7) is 0.0218. The van der Waals surface area contributed by atoms with Crippen LogP contribution in [0.25, 0.3) is 0 Å². The fraction of sp³-hybridized carbons (Fsp3) is 0.375. The van der Waals surface area contributed by atoms with Gasteiger partial charge in [0.1, 0.15) is 17.4 Å². The molecule has 1 aromatic carbocycles. The highest BCUT2D eigenvalue weighted by atomic mass is 19.4. The van der Waals surface area contributed by atoms with E-state index in [1.807, 2.05) is 0 Å². The van der Waals surface area contributed by atoms with Gasteiger partial charge in [-0.3, -0.25) is 9.69 Å². The first-order valence-corrected chi connectivity index (χ1v) is 7.62. The van der Waals surface area contributed by atoms with Crippen LogP contribution in [0.3, 0.4) is 0 Å². The predicted octanol–water partition coefficient (Wildman–Crippen LogP) is 2.63. The number of hydrogen-bond donors (Lipinski definition) is 1. The van der Waals surface area contributed by atoms with Crippen LogP contribution in [0.2, 0.25) is 0 Å². The quantitative estimate of drug-likeness (QED) is 0.838. The van der Waals surface area contributed by atoms with E-state index < -0.39 is 29.2 Å². The summed E-state index contributed by atoms with van der Waals surface area (Å²) in [6.07, 6.45) is -4.68. The highest BCUT2D eigenvalue weighted by Gasteiger charge is 2.36. The summed E-state index contributed by atoms with van der Waals surface area (Å²) in [5.74, 6) is -2.91. The Morgan fingerprint density at radius 3 is 2.50 bits per heavy atom. The van der Waals surface area contributed by atoms with Crippen LogP contribution >= 0.6 is 0 Å². The Morgan fingerprint density at radius 2 is 1.92 bits per heavy atom. The van der Waals surface area contributed by atoms with Crippen LogP contribution < -0.4 is 10.3 Å². The van der Waals surface area contributed by atoms with Crippen LogP contribution in [0.15, 0.2) is 16.9 Å². The lowest BCUT2D eigenvalue weighted by Crippen LogP contribution is -2.37. The number of fused-ring (bicyclic) bond motifs is 1. The van der Waals surface area contributed by atoms with Gasteiger partial charge in [0.2, 0.25) is 5.82 Å². The molecular weight excluding hydrogens is 361 g/mol. The molecule has 0 radical (unpaired) electrons. The molecule has 140 valence electrons. The Morgan fingerprint density at radius 1 is 1.27 bits per heavy atom. The van der Waals surface area contributed by atoms with Gasteiger partial charge >= 0.3 is 6.18 Å². The third-order valence-electron chi connectivity index (χ3n) is 4.15. The molecule has 1 N–H and O–H groups in total. The minimum Gasteiger partial charge on any atom is -0.497 e. The molecule has 1 aliphatic rings. The summed E-state index contributed by atoms with van der Waals surface area (Å²) < 4.78 is 71.1. The van der Waals surface area contributed by atoms with E-state index in [4.69, 9.17) is 4.74 Å². The predicted molar refractivity (Wildman–Crippen MR) is 80.6 cm³/mol. The molecule has 5 nitrogen and oxygen atoms in total. The lowest BCUT2D eigenvalue weighted by Gasteiger charge is -2.28. The summed E-state index contributed by atoms with van der Waals surface area (Å²) >= 11 is 0. The first-order valence-electron chi connectivity index (χ1n) is 7.62. The number of aromatic amines is 1. The van der Waals surface area contributed by atoms with E-state index in [1.165, 1.54) is 7.11 Å². The number of H-pyrrole nitrogens is 1. The van der Waals surface area contributed by atoms with Crippen molar-refractivity contribution in [1.82, 2.24) is 14.9 Å². The molecule has 1 aromatic heterocycles. The van der Waals surface area contributed by atoms with E-state index >= 15 is 0 Å². The number of methoxy groups -OCH3 is 1. The Labute approximate surface area is 144 Å². The van der Waals surface area contributed by atoms with Crippen molar-refractivity contribution in [2.75, 3.05) is 13.7 Å². The fourth-order valence-corrected chi connectivity index (χ4v) is 2.82. The second-order valence-corrected chi connectivity index (χ2v) is 5.87. The van der Waals surface area contributed by atoms with Crippen LogP contribution in [0.1, 0.15) is 22.6 Å². The van der Waals surface area contributed by atoms with Crippen LogP contribution in [0.4, 0.5) is 22.0 Å². The van der Waals surface area contributed by atoms with Crippen molar-refractivity contribution in [3.05, 3.63) is 56.8 Å². The van der Waals surface area contributed by atoms with Gasteiger partial charge in [-0.05, 0) is 0 Å². The smallest absolute Gasteiger partial charge is 0.449 e. The molecule has 26 heavy (non-hydrogen) atoms. The van der Waals surface area contributed by atoms with Crippen molar-refractivity contribution in [3.63, 3.8) is 0 Å². The van der Waals surface area contributed by atoms with Gasteiger partial charge in [-0.15, -0.1) is 0 Å². The van der Waals surface area contributed by atoms with Gasteiger partial charge in [0, 0.05) is 43.8 Å². The van der Waals surface area contributed by atoms with Gasteiger partial charge in [-0.25, -0.2) is 13.8 Å². The van der Waals surface area contributed by atoms with E-state index in [0.29, 0.717) is 0 Å². The first kappa shape index (κ1) is 18.3. The van der Waals surface area contributed by atoms with E-state index in [1.54, 1.807) is 9.88 Å². The zero-order valence-electron chi connectivity index (χ0n) is 13.6. The van der Waals surface area contributed by atoms with Crippen molar-refractivity contribution in [3.8, 4) is 5.75 Å². The van der Waals surface area contributed by atoms with E-state index in [9.17, 15) is 26.7 Å². The zero-order chi connectivity index (χ0) is 19.1. The average molecular weight is 375 g/mol. The molecule has 2 heterocycles. The maximum atomic E-state index is 14.1. The number of hydrogen-bond acceptors (Lipinski definition) is 4. The minimum absolute atomic E-state index is 0.0352. The third kappa shape index (κ3) is 3.55. The summed E-state index contributed by atoms with van der Waals surface area (Å²) in [5, 5.41) is 0. The Balaban J connectivity index is 1.85. The Bertz CT molecular complexity index is 871. The monoisotopic (exact) mass is 375 g/mol. The molecule has 0 atom stereocenters. The van der Waals surface area contributed by atoms with Gasteiger partial charge in [0.15, 0.2) is 0 Å². The van der Waals surface area contributed by atoms with Crippen molar-refractivity contribution in [1.29, 1.82) is 0 Å².